The van der Waals surface area contributed by atoms with Crippen LogP contribution in [-0.2, 0) is 46.2 Å². The van der Waals surface area contributed by atoms with E-state index in [2.05, 4.69) is 5.32 Å². The molecule has 0 saturated heterocycles. The highest BCUT2D eigenvalue weighted by Gasteiger charge is 2.40. The number of carbonyl (C=O) groups is 1. The first-order valence-electron chi connectivity index (χ1n) is 13.8. The fraction of sp³-hybridized carbons (Fsp3) is 0.433. The van der Waals surface area contributed by atoms with Crippen molar-refractivity contribution in [2.75, 3.05) is 11.1 Å². The molecule has 0 aliphatic heterocycles. The molecule has 232 valence electrons. The minimum Gasteiger partial charge on any atom is -0.326 e. The summed E-state index contributed by atoms with van der Waals surface area (Å²) in [6.07, 6.45) is -6.55. The van der Waals surface area contributed by atoms with Crippen molar-refractivity contribution in [1.29, 1.82) is 0 Å². The first-order chi connectivity index (χ1) is 20.1. The van der Waals surface area contributed by atoms with E-state index in [9.17, 15) is 39.6 Å². The largest absolute Gasteiger partial charge is 0.416 e. The van der Waals surface area contributed by atoms with Crippen molar-refractivity contribution in [3.05, 3.63) is 80.7 Å². The summed E-state index contributed by atoms with van der Waals surface area (Å²) in [5.41, 5.74) is -0.547. The molecule has 43 heavy (non-hydrogen) atoms. The van der Waals surface area contributed by atoms with Crippen LogP contribution in [0.2, 0.25) is 4.34 Å². The smallest absolute Gasteiger partial charge is 0.326 e. The van der Waals surface area contributed by atoms with E-state index in [1.165, 1.54) is 6.07 Å². The Hall–Kier alpha value is -2.57. The van der Waals surface area contributed by atoms with E-state index in [-0.39, 0.29) is 27.7 Å². The Balaban J connectivity index is 1.29. The predicted molar refractivity (Wildman–Crippen MR) is 153 cm³/mol. The number of hydrogen-bond donors (Lipinski definition) is 1. The third-order valence-corrected chi connectivity index (χ3v) is 12.1. The fourth-order valence-corrected chi connectivity index (χ4v) is 9.80. The molecule has 0 spiro atoms. The number of carbonyl (C=O) groups excluding carboxylic acids is 1. The Morgan fingerprint density at radius 1 is 0.907 bits per heavy atom. The van der Waals surface area contributed by atoms with Crippen molar-refractivity contribution in [1.82, 2.24) is 0 Å². The lowest BCUT2D eigenvalue weighted by Gasteiger charge is -2.36. The number of amides is 1. The monoisotopic (exact) mass is 663 g/mol. The normalized spacial score (nSPS) is 20.8. The number of hydrogen-bond acceptors (Lipinski definition) is 4. The second-order valence-corrected chi connectivity index (χ2v) is 15.2. The zero-order valence-corrected chi connectivity index (χ0v) is 25.1. The quantitative estimate of drug-likeness (QED) is 0.258. The average molecular weight is 664 g/mol. The Bertz CT molecular complexity index is 1620. The van der Waals surface area contributed by atoms with Crippen molar-refractivity contribution in [2.45, 2.75) is 61.5 Å². The molecular formula is C30H28ClF6NO3S2. The second kappa shape index (κ2) is 12.1. The standard InChI is InChI=1S/C30H28ClF6NO3S2/c31-26-9-11-28(42-26)43(40,41)16-24-18-2-1-3-19(24)13-21-15-23(7-4-17(21)12-18)38-27(39)10-5-20-14-22(29(32,33)34)6-8-25(20)30(35,36)37/h4,6-9,11,14-15,18-19,24H,1-3,5,10,12-13,16H2,(H,38,39). The molecule has 1 N–H and O–H groups in total. The number of nitrogens with one attached hydrogen (secondary N) is 1. The van der Waals surface area contributed by atoms with E-state index in [0.29, 0.717) is 41.1 Å². The molecule has 1 amide bonds. The van der Waals surface area contributed by atoms with Gasteiger partial charge in [0.25, 0.3) is 0 Å². The highest BCUT2D eigenvalue weighted by atomic mass is 35.5. The molecule has 3 aromatic rings. The zero-order chi connectivity index (χ0) is 31.2. The molecule has 1 heterocycles. The summed E-state index contributed by atoms with van der Waals surface area (Å²) >= 11 is 7.03. The summed E-state index contributed by atoms with van der Waals surface area (Å²) in [7, 11) is -3.52. The highest BCUT2D eigenvalue weighted by Crippen LogP contribution is 2.44. The minimum absolute atomic E-state index is 0.0339. The van der Waals surface area contributed by atoms with Gasteiger partial charge in [0.2, 0.25) is 5.91 Å². The fourth-order valence-electron chi connectivity index (χ4n) is 6.42. The maximum atomic E-state index is 13.4. The SMILES string of the molecule is O=C(CCc1cc(C(F)(F)F)ccc1C(F)(F)F)Nc1ccc2c(c1)CC1CCCC(C2)C1CS(=O)(=O)c1ccc(Cl)s1. The first-order valence-corrected chi connectivity index (χ1v) is 16.6. The average Bonchev–Trinajstić information content (AvgIpc) is 3.34. The lowest BCUT2D eigenvalue weighted by atomic mass is 9.72. The predicted octanol–water partition coefficient (Wildman–Crippen LogP) is 8.62. The van der Waals surface area contributed by atoms with Crippen LogP contribution in [-0.4, -0.2) is 20.1 Å². The molecule has 2 bridgehead atoms. The van der Waals surface area contributed by atoms with Crippen molar-refractivity contribution >= 4 is 44.4 Å². The molecule has 13 heteroatoms. The number of fused-ring (bicyclic) bond motifs is 3. The third kappa shape index (κ3) is 7.39. The molecule has 1 fully saturated rings. The molecule has 0 radical (unpaired) electrons. The van der Waals surface area contributed by atoms with Crippen LogP contribution in [0.15, 0.2) is 52.7 Å². The number of rotatable bonds is 7. The van der Waals surface area contributed by atoms with Gasteiger partial charge in [0.15, 0.2) is 9.84 Å². The summed E-state index contributed by atoms with van der Waals surface area (Å²) in [5.74, 6) is -0.331. The van der Waals surface area contributed by atoms with Crippen LogP contribution in [0.25, 0.3) is 0 Å². The molecule has 2 aliphatic rings. The van der Waals surface area contributed by atoms with Crippen LogP contribution in [0.1, 0.15) is 53.5 Å². The van der Waals surface area contributed by atoms with Crippen molar-refractivity contribution in [3.63, 3.8) is 0 Å². The summed E-state index contributed by atoms with van der Waals surface area (Å²) in [6, 6.07) is 9.72. The van der Waals surface area contributed by atoms with Crippen molar-refractivity contribution in [3.8, 4) is 0 Å². The van der Waals surface area contributed by atoms with E-state index in [4.69, 9.17) is 11.6 Å². The van der Waals surface area contributed by atoms with Gasteiger partial charge in [-0.25, -0.2) is 8.42 Å². The van der Waals surface area contributed by atoms with Gasteiger partial charge in [-0.3, -0.25) is 4.79 Å². The molecule has 1 aromatic heterocycles. The number of sulfone groups is 1. The van der Waals surface area contributed by atoms with Crippen LogP contribution in [0.3, 0.4) is 0 Å². The van der Waals surface area contributed by atoms with Gasteiger partial charge in [0, 0.05) is 12.1 Å². The Morgan fingerprint density at radius 3 is 2.23 bits per heavy atom. The van der Waals surface area contributed by atoms with Gasteiger partial charge in [-0.1, -0.05) is 24.1 Å². The summed E-state index contributed by atoms with van der Waals surface area (Å²) in [5, 5.41) is 2.67. The van der Waals surface area contributed by atoms with E-state index >= 15 is 0 Å². The van der Waals surface area contributed by atoms with Gasteiger partial charge in [-0.15, -0.1) is 11.3 Å². The Kier molecular flexibility index (Phi) is 8.95. The summed E-state index contributed by atoms with van der Waals surface area (Å²) in [6.45, 7) is 0. The topological polar surface area (TPSA) is 63.2 Å². The summed E-state index contributed by atoms with van der Waals surface area (Å²) in [4.78, 5) is 12.7. The lowest BCUT2D eigenvalue weighted by Crippen LogP contribution is -2.34. The van der Waals surface area contributed by atoms with Crippen LogP contribution < -0.4 is 5.32 Å². The maximum Gasteiger partial charge on any atom is 0.416 e. The Morgan fingerprint density at radius 2 is 1.60 bits per heavy atom. The molecule has 3 unspecified atom stereocenters. The highest BCUT2D eigenvalue weighted by molar-refractivity contribution is 7.93. The number of anilines is 1. The molecule has 3 atom stereocenters. The number of benzene rings is 2. The van der Waals surface area contributed by atoms with Crippen LogP contribution in [0.5, 0.6) is 0 Å². The van der Waals surface area contributed by atoms with Crippen LogP contribution in [0, 0.1) is 17.8 Å². The number of alkyl halides is 6. The molecular weight excluding hydrogens is 636 g/mol. The lowest BCUT2D eigenvalue weighted by molar-refractivity contribution is -0.141. The molecule has 4 nitrogen and oxygen atoms in total. The van der Waals surface area contributed by atoms with Crippen molar-refractivity contribution < 1.29 is 39.6 Å². The third-order valence-electron chi connectivity index (χ3n) is 8.44. The van der Waals surface area contributed by atoms with Gasteiger partial charge < -0.3 is 5.32 Å². The molecule has 5 rings (SSSR count). The number of aryl methyl sites for hydroxylation is 1. The molecule has 1 saturated carbocycles. The van der Waals surface area contributed by atoms with Crippen LogP contribution >= 0.6 is 22.9 Å². The van der Waals surface area contributed by atoms with Gasteiger partial charge >= 0.3 is 12.4 Å². The van der Waals surface area contributed by atoms with Gasteiger partial charge in [0.05, 0.1) is 21.2 Å². The number of thiophene rings is 1. The maximum absolute atomic E-state index is 13.4. The first kappa shape index (κ1) is 31.8. The molecule has 2 aromatic carbocycles. The molecule has 2 aliphatic carbocycles. The van der Waals surface area contributed by atoms with E-state index in [1.807, 2.05) is 12.1 Å². The Labute approximate surface area is 254 Å². The number of halogens is 7. The van der Waals surface area contributed by atoms with Gasteiger partial charge in [-0.05, 0) is 109 Å². The van der Waals surface area contributed by atoms with Gasteiger partial charge in [-0.2, -0.15) is 26.3 Å². The minimum atomic E-state index is -4.86. The van der Waals surface area contributed by atoms with Crippen LogP contribution in [0.4, 0.5) is 32.0 Å². The van der Waals surface area contributed by atoms with E-state index in [1.54, 1.807) is 12.1 Å². The van der Waals surface area contributed by atoms with Gasteiger partial charge in [0.1, 0.15) is 4.21 Å². The zero-order valence-electron chi connectivity index (χ0n) is 22.7. The van der Waals surface area contributed by atoms with Crippen molar-refractivity contribution in [2.24, 2.45) is 17.8 Å². The van der Waals surface area contributed by atoms with E-state index < -0.39 is 57.6 Å². The van der Waals surface area contributed by atoms with E-state index in [0.717, 1.165) is 41.7 Å². The summed E-state index contributed by atoms with van der Waals surface area (Å²) < 4.78 is 107. The second-order valence-electron chi connectivity index (χ2n) is 11.3.